The third-order valence-electron chi connectivity index (χ3n) is 14.3. The largest absolute Gasteiger partial charge is 1.00 e. The van der Waals surface area contributed by atoms with Crippen LogP contribution < -0.4 is 34.7 Å². The molecule has 11 heteroatoms. The normalized spacial score (nSPS) is 44.5. The number of carbonyl (C=O) groups excluding carboxylic acids is 2. The zero-order valence-corrected chi connectivity index (χ0v) is 36.6. The van der Waals surface area contributed by atoms with E-state index in [0.29, 0.717) is 51.4 Å². The van der Waals surface area contributed by atoms with E-state index in [1.807, 2.05) is 40.7 Å². The maximum atomic E-state index is 14.4. The van der Waals surface area contributed by atoms with Crippen molar-refractivity contribution in [3.63, 3.8) is 0 Å². The molecule has 0 aliphatic carbocycles. The van der Waals surface area contributed by atoms with Crippen molar-refractivity contribution in [2.75, 3.05) is 0 Å². The van der Waals surface area contributed by atoms with E-state index in [0.717, 1.165) is 19.3 Å². The Kier molecular flexibility index (Phi) is 15.1. The molecule has 0 unspecified atom stereocenters. The van der Waals surface area contributed by atoms with Gasteiger partial charge < -0.3 is 43.8 Å². The van der Waals surface area contributed by atoms with Crippen molar-refractivity contribution in [2.24, 2.45) is 41.4 Å². The fraction of sp³-hybridized carbons (Fsp3) is 0.905. The molecule has 0 aromatic heterocycles. The summed E-state index contributed by atoms with van der Waals surface area (Å²) in [5, 5.41) is 34.5. The fourth-order valence-corrected chi connectivity index (χ4v) is 10.5. The van der Waals surface area contributed by atoms with Crippen LogP contribution >= 0.6 is 0 Å². The molecular weight excluding hydrogens is 687 g/mol. The standard InChI is InChI=1S/C42H70O10.Na/c1-11-30(38(45)46)32-16-15-24(4)36(49-32)28(8)34(43)27(7)35(44)31(12-2)37-25(5)23-26(6)42(50-37)19-14-18-41(52-42)22-21-39(10,51-41)33-17-20-40(47,13-3)29(9)48-33;/h14,19,24-34,36-37,43,47H,11-13,15-18,20-23H2,1-10H3,(H,45,46);/q;+1/p-1/t24-,25-,26+,27-,28-,29-,30+,31-,32+,33+,34+,36+,37-,39-,40+,41+,42-;/m0./s1. The maximum Gasteiger partial charge on any atom is 1.00 e. The second-order valence-corrected chi connectivity index (χ2v) is 17.8. The number of carboxylic acid groups (broad SMARTS) is 1. The summed E-state index contributed by atoms with van der Waals surface area (Å²) in [5.41, 5.74) is -1.40. The van der Waals surface area contributed by atoms with Gasteiger partial charge in [-0.3, -0.25) is 4.79 Å². The van der Waals surface area contributed by atoms with Gasteiger partial charge in [0.25, 0.3) is 0 Å². The monoisotopic (exact) mass is 756 g/mol. The zero-order valence-electron chi connectivity index (χ0n) is 34.6. The first-order valence-electron chi connectivity index (χ1n) is 20.6. The summed E-state index contributed by atoms with van der Waals surface area (Å²) >= 11 is 0. The molecule has 4 saturated heterocycles. The third kappa shape index (κ3) is 8.87. The summed E-state index contributed by atoms with van der Waals surface area (Å²) in [6, 6.07) is 0. The minimum absolute atomic E-state index is 0. The Morgan fingerprint density at radius 1 is 0.906 bits per heavy atom. The van der Waals surface area contributed by atoms with Gasteiger partial charge in [-0.2, -0.15) is 0 Å². The van der Waals surface area contributed by atoms with Crippen molar-refractivity contribution < 1.29 is 78.2 Å². The molecule has 0 saturated carbocycles. The molecule has 2 N–H and O–H groups in total. The van der Waals surface area contributed by atoms with Gasteiger partial charge in [0.2, 0.25) is 0 Å². The van der Waals surface area contributed by atoms with Crippen LogP contribution in [0.4, 0.5) is 0 Å². The minimum Gasteiger partial charge on any atom is -0.550 e. The number of aliphatic carboxylic acids is 1. The van der Waals surface area contributed by atoms with Crippen LogP contribution in [-0.2, 0) is 33.3 Å². The molecule has 0 amide bonds. The van der Waals surface area contributed by atoms with E-state index in [1.54, 1.807) is 6.92 Å². The third-order valence-corrected chi connectivity index (χ3v) is 14.3. The number of hydrogen-bond donors (Lipinski definition) is 2. The molecule has 0 aromatic rings. The van der Waals surface area contributed by atoms with E-state index in [2.05, 4.69) is 33.8 Å². The Labute approximate surface area is 341 Å². The van der Waals surface area contributed by atoms with Crippen LogP contribution in [0.25, 0.3) is 0 Å². The van der Waals surface area contributed by atoms with Gasteiger partial charge in [0.05, 0.1) is 47.8 Å². The van der Waals surface area contributed by atoms with Crippen molar-refractivity contribution in [1.82, 2.24) is 0 Å². The van der Waals surface area contributed by atoms with Gasteiger partial charge in [-0.05, 0) is 89.5 Å². The summed E-state index contributed by atoms with van der Waals surface area (Å²) in [6.07, 6.45) is 8.67. The molecule has 17 atom stereocenters. The SMILES string of the molecule is CC[C@@H](C(=O)[C@@H](C)[C@@H](O)[C@H](C)[C@@H]1O[C@@H]([C@@H](CC)C(=O)[O-])CC[C@@H]1C)[C@H]1O[C@]2(C=CC[C@]3(CC[C@@](C)([C@H]4CC[C@](O)(CC)[C@H](C)O4)O3)O2)[C@H](C)C[C@@H]1C.[Na+]. The van der Waals surface area contributed by atoms with Gasteiger partial charge in [0.1, 0.15) is 5.78 Å². The zero-order chi connectivity index (χ0) is 38.4. The summed E-state index contributed by atoms with van der Waals surface area (Å²) < 4.78 is 33.8. The average molecular weight is 757 g/mol. The quantitative estimate of drug-likeness (QED) is 0.226. The fourth-order valence-electron chi connectivity index (χ4n) is 10.5. The predicted molar refractivity (Wildman–Crippen MR) is 195 cm³/mol. The van der Waals surface area contributed by atoms with Gasteiger partial charge in [0, 0.05) is 48.4 Å². The molecule has 5 rings (SSSR count). The number of aliphatic hydroxyl groups excluding tert-OH is 1. The molecule has 10 nitrogen and oxygen atoms in total. The Balaban J connectivity index is 0.00000627. The number of carboxylic acids is 1. The van der Waals surface area contributed by atoms with Gasteiger partial charge in [-0.15, -0.1) is 0 Å². The van der Waals surface area contributed by atoms with Gasteiger partial charge in [-0.1, -0.05) is 61.5 Å². The van der Waals surface area contributed by atoms with Crippen molar-refractivity contribution in [3.05, 3.63) is 12.2 Å². The first kappa shape index (κ1) is 45.3. The molecule has 5 aliphatic rings. The van der Waals surface area contributed by atoms with E-state index in [4.69, 9.17) is 23.7 Å². The van der Waals surface area contributed by atoms with Crippen LogP contribution in [0.3, 0.4) is 0 Å². The van der Waals surface area contributed by atoms with Crippen molar-refractivity contribution >= 4 is 11.8 Å². The van der Waals surface area contributed by atoms with Gasteiger partial charge >= 0.3 is 29.6 Å². The number of hydrogen-bond acceptors (Lipinski definition) is 10. The topological polar surface area (TPSA) is 144 Å². The average Bonchev–Trinajstić information content (AvgIpc) is 3.43. The number of carbonyl (C=O) groups is 2. The van der Waals surface area contributed by atoms with E-state index in [9.17, 15) is 24.9 Å². The second-order valence-electron chi connectivity index (χ2n) is 17.8. The number of aliphatic hydroxyl groups is 2. The number of ketones is 1. The molecule has 5 heterocycles. The Morgan fingerprint density at radius 2 is 1.58 bits per heavy atom. The van der Waals surface area contributed by atoms with Crippen LogP contribution in [0, 0.1) is 41.4 Å². The number of rotatable bonds is 12. The van der Waals surface area contributed by atoms with Crippen LogP contribution in [0.2, 0.25) is 0 Å². The van der Waals surface area contributed by atoms with Crippen LogP contribution in [-0.4, -0.2) is 81.4 Å². The van der Waals surface area contributed by atoms with E-state index >= 15 is 0 Å². The molecule has 0 bridgehead atoms. The van der Waals surface area contributed by atoms with Crippen LogP contribution in [0.5, 0.6) is 0 Å². The van der Waals surface area contributed by atoms with E-state index < -0.39 is 64.8 Å². The molecule has 298 valence electrons. The molecule has 4 fully saturated rings. The molecule has 0 aromatic carbocycles. The Morgan fingerprint density at radius 3 is 2.19 bits per heavy atom. The van der Waals surface area contributed by atoms with Crippen molar-refractivity contribution in [1.29, 1.82) is 0 Å². The summed E-state index contributed by atoms with van der Waals surface area (Å²) in [6.45, 7) is 19.9. The Hall–Kier alpha value is -0.400. The number of Topliss-reactive ketones (excluding diaryl/α,β-unsaturated/α-hetero) is 1. The molecule has 53 heavy (non-hydrogen) atoms. The first-order valence-corrected chi connectivity index (χ1v) is 20.6. The molecule has 5 aliphatic heterocycles. The summed E-state index contributed by atoms with van der Waals surface area (Å²) in [5.74, 6) is -5.13. The second kappa shape index (κ2) is 17.6. The van der Waals surface area contributed by atoms with E-state index in [1.165, 1.54) is 0 Å². The smallest absolute Gasteiger partial charge is 0.550 e. The predicted octanol–water partition coefficient (Wildman–Crippen LogP) is 2.89. The Bertz CT molecular complexity index is 1300. The van der Waals surface area contributed by atoms with Crippen molar-refractivity contribution in [2.45, 2.75) is 199 Å². The summed E-state index contributed by atoms with van der Waals surface area (Å²) in [4.78, 5) is 26.2. The molecular formula is C42H69NaO10. The number of ether oxygens (including phenoxy) is 5. The van der Waals surface area contributed by atoms with E-state index in [-0.39, 0.29) is 77.3 Å². The van der Waals surface area contributed by atoms with Gasteiger partial charge in [-0.25, -0.2) is 0 Å². The van der Waals surface area contributed by atoms with Crippen molar-refractivity contribution in [3.8, 4) is 0 Å². The van der Waals surface area contributed by atoms with Gasteiger partial charge in [0.15, 0.2) is 11.6 Å². The maximum absolute atomic E-state index is 14.4. The van der Waals surface area contributed by atoms with Crippen LogP contribution in [0.1, 0.15) is 140 Å². The first-order chi connectivity index (χ1) is 24.4. The summed E-state index contributed by atoms with van der Waals surface area (Å²) in [7, 11) is 0. The molecule has 2 spiro atoms. The molecule has 0 radical (unpaired) electrons. The van der Waals surface area contributed by atoms with Crippen LogP contribution in [0.15, 0.2) is 12.2 Å². The minimum atomic E-state index is -1.10.